The van der Waals surface area contributed by atoms with Crippen LogP contribution in [0.5, 0.6) is 5.75 Å². The predicted molar refractivity (Wildman–Crippen MR) is 67.3 cm³/mol. The summed E-state index contributed by atoms with van der Waals surface area (Å²) in [6.45, 7) is 2.10. The van der Waals surface area contributed by atoms with Gasteiger partial charge >= 0.3 is 0 Å². The van der Waals surface area contributed by atoms with Gasteiger partial charge in [0.2, 0.25) is 0 Å². The van der Waals surface area contributed by atoms with E-state index in [-0.39, 0.29) is 0 Å². The van der Waals surface area contributed by atoms with Crippen molar-refractivity contribution in [2.24, 2.45) is 0 Å². The lowest BCUT2D eigenvalue weighted by Gasteiger charge is -2.35. The maximum absolute atomic E-state index is 6.06. The quantitative estimate of drug-likeness (QED) is 0.872. The van der Waals surface area contributed by atoms with Crippen molar-refractivity contribution >= 4 is 11.6 Å². The fourth-order valence-electron chi connectivity index (χ4n) is 1.99. The zero-order chi connectivity index (χ0) is 11.5. The summed E-state index contributed by atoms with van der Waals surface area (Å²) in [5, 5.41) is 4.08. The standard InChI is InChI=1S/C13H18ClNO/c1-3-9-6-11(4-5-13(9)14)16-12-7-10(8-12)15-2/h4-6,10,12,15H,3,7-8H2,1-2H3. The molecule has 0 spiro atoms. The van der Waals surface area contributed by atoms with Gasteiger partial charge in [0.1, 0.15) is 11.9 Å². The smallest absolute Gasteiger partial charge is 0.120 e. The first-order valence-corrected chi connectivity index (χ1v) is 6.23. The molecule has 1 aromatic rings. The number of halogens is 1. The van der Waals surface area contributed by atoms with E-state index in [1.165, 1.54) is 0 Å². The van der Waals surface area contributed by atoms with Crippen molar-refractivity contribution in [3.63, 3.8) is 0 Å². The van der Waals surface area contributed by atoms with Crippen LogP contribution < -0.4 is 10.1 Å². The van der Waals surface area contributed by atoms with Crippen LogP contribution in [0.3, 0.4) is 0 Å². The van der Waals surface area contributed by atoms with Gasteiger partial charge in [-0.3, -0.25) is 0 Å². The highest BCUT2D eigenvalue weighted by atomic mass is 35.5. The number of hydrogen-bond acceptors (Lipinski definition) is 2. The molecule has 3 heteroatoms. The van der Waals surface area contributed by atoms with Crippen LogP contribution in [0.2, 0.25) is 5.02 Å². The molecular formula is C13H18ClNO. The van der Waals surface area contributed by atoms with Crippen molar-refractivity contribution < 1.29 is 4.74 Å². The number of hydrogen-bond donors (Lipinski definition) is 1. The van der Waals surface area contributed by atoms with Gasteiger partial charge in [0.25, 0.3) is 0 Å². The molecule has 0 bridgehead atoms. The molecule has 0 saturated heterocycles. The highest BCUT2D eigenvalue weighted by molar-refractivity contribution is 6.31. The summed E-state index contributed by atoms with van der Waals surface area (Å²) in [6.07, 6.45) is 3.50. The Bertz CT molecular complexity index is 361. The molecule has 0 atom stereocenters. The van der Waals surface area contributed by atoms with Gasteiger partial charge in [-0.15, -0.1) is 0 Å². The molecule has 1 saturated carbocycles. The Hall–Kier alpha value is -0.730. The summed E-state index contributed by atoms with van der Waals surface area (Å²) in [5.41, 5.74) is 1.16. The second-order valence-electron chi connectivity index (χ2n) is 4.30. The van der Waals surface area contributed by atoms with E-state index >= 15 is 0 Å². The minimum absolute atomic E-state index is 0.364. The predicted octanol–water partition coefficient (Wildman–Crippen LogP) is 3.03. The molecule has 1 aromatic carbocycles. The molecule has 0 unspecified atom stereocenters. The van der Waals surface area contributed by atoms with Crippen molar-refractivity contribution in [2.45, 2.75) is 38.3 Å². The largest absolute Gasteiger partial charge is 0.490 e. The van der Waals surface area contributed by atoms with E-state index in [4.69, 9.17) is 16.3 Å². The third-order valence-corrected chi connectivity index (χ3v) is 3.57. The molecule has 16 heavy (non-hydrogen) atoms. The van der Waals surface area contributed by atoms with Gasteiger partial charge in [-0.2, -0.15) is 0 Å². The zero-order valence-corrected chi connectivity index (χ0v) is 10.6. The fraction of sp³-hybridized carbons (Fsp3) is 0.538. The molecule has 1 fully saturated rings. The number of benzene rings is 1. The Labute approximate surface area is 102 Å². The Balaban J connectivity index is 1.95. The molecule has 0 aromatic heterocycles. The van der Waals surface area contributed by atoms with Crippen molar-refractivity contribution in [3.05, 3.63) is 28.8 Å². The van der Waals surface area contributed by atoms with Crippen LogP contribution in [0.1, 0.15) is 25.3 Å². The lowest BCUT2D eigenvalue weighted by Crippen LogP contribution is -2.45. The molecule has 0 radical (unpaired) electrons. The molecule has 0 amide bonds. The Morgan fingerprint density at radius 1 is 1.44 bits per heavy atom. The first-order chi connectivity index (χ1) is 7.72. The van der Waals surface area contributed by atoms with E-state index < -0.39 is 0 Å². The van der Waals surface area contributed by atoms with Gasteiger partial charge in [0, 0.05) is 11.1 Å². The van der Waals surface area contributed by atoms with Crippen molar-refractivity contribution in [1.29, 1.82) is 0 Å². The summed E-state index contributed by atoms with van der Waals surface area (Å²) >= 11 is 6.06. The van der Waals surface area contributed by atoms with Gasteiger partial charge in [-0.05, 0) is 50.1 Å². The average molecular weight is 240 g/mol. The maximum Gasteiger partial charge on any atom is 0.120 e. The van der Waals surface area contributed by atoms with Crippen LogP contribution in [0.15, 0.2) is 18.2 Å². The van der Waals surface area contributed by atoms with Crippen LogP contribution >= 0.6 is 11.6 Å². The van der Waals surface area contributed by atoms with Gasteiger partial charge in [-0.25, -0.2) is 0 Å². The summed E-state index contributed by atoms with van der Waals surface area (Å²) in [4.78, 5) is 0. The molecule has 88 valence electrons. The molecule has 0 heterocycles. The fourth-order valence-corrected chi connectivity index (χ4v) is 2.24. The second kappa shape index (κ2) is 5.07. The highest BCUT2D eigenvalue weighted by Crippen LogP contribution is 2.28. The highest BCUT2D eigenvalue weighted by Gasteiger charge is 2.29. The number of nitrogens with one attached hydrogen (secondary N) is 1. The van der Waals surface area contributed by atoms with Crippen LogP contribution in [0, 0.1) is 0 Å². The third kappa shape index (κ3) is 2.50. The van der Waals surface area contributed by atoms with Crippen molar-refractivity contribution in [1.82, 2.24) is 5.32 Å². The SMILES string of the molecule is CCc1cc(OC2CC(NC)C2)ccc1Cl. The lowest BCUT2D eigenvalue weighted by atomic mass is 9.89. The van der Waals surface area contributed by atoms with Crippen LogP contribution in [-0.4, -0.2) is 19.2 Å². The molecule has 0 aliphatic heterocycles. The summed E-state index contributed by atoms with van der Waals surface area (Å²) in [6, 6.07) is 6.55. The van der Waals surface area contributed by atoms with E-state index in [9.17, 15) is 0 Å². The molecule has 2 nitrogen and oxygen atoms in total. The Morgan fingerprint density at radius 3 is 2.81 bits per heavy atom. The van der Waals surface area contributed by atoms with E-state index in [2.05, 4.69) is 18.3 Å². The number of aryl methyl sites for hydroxylation is 1. The van der Waals surface area contributed by atoms with Gasteiger partial charge in [0.15, 0.2) is 0 Å². The average Bonchev–Trinajstić information content (AvgIpc) is 2.25. The van der Waals surface area contributed by atoms with Gasteiger partial charge < -0.3 is 10.1 Å². The minimum Gasteiger partial charge on any atom is -0.490 e. The van der Waals surface area contributed by atoms with E-state index in [1.54, 1.807) is 0 Å². The molecule has 1 aliphatic carbocycles. The Morgan fingerprint density at radius 2 is 2.19 bits per heavy atom. The monoisotopic (exact) mass is 239 g/mol. The summed E-state index contributed by atoms with van der Waals surface area (Å²) in [5.74, 6) is 0.945. The van der Waals surface area contributed by atoms with Gasteiger partial charge in [0.05, 0.1) is 0 Å². The Kier molecular flexibility index (Phi) is 3.72. The second-order valence-corrected chi connectivity index (χ2v) is 4.71. The van der Waals surface area contributed by atoms with Crippen LogP contribution in [-0.2, 0) is 6.42 Å². The van der Waals surface area contributed by atoms with Crippen molar-refractivity contribution in [2.75, 3.05) is 7.05 Å². The van der Waals surface area contributed by atoms with Crippen LogP contribution in [0.4, 0.5) is 0 Å². The number of ether oxygens (including phenoxy) is 1. The van der Waals surface area contributed by atoms with Gasteiger partial charge in [-0.1, -0.05) is 18.5 Å². The maximum atomic E-state index is 6.06. The van der Waals surface area contributed by atoms with E-state index in [0.29, 0.717) is 12.1 Å². The van der Waals surface area contributed by atoms with Crippen LogP contribution in [0.25, 0.3) is 0 Å². The van der Waals surface area contributed by atoms with E-state index in [1.807, 2.05) is 19.2 Å². The molecule has 1 aliphatic rings. The van der Waals surface area contributed by atoms with E-state index in [0.717, 1.165) is 35.6 Å². The first-order valence-electron chi connectivity index (χ1n) is 5.85. The molecular weight excluding hydrogens is 222 g/mol. The molecule has 2 rings (SSSR count). The summed E-state index contributed by atoms with van der Waals surface area (Å²) in [7, 11) is 2.00. The molecule has 1 N–H and O–H groups in total. The minimum atomic E-state index is 0.364. The summed E-state index contributed by atoms with van der Waals surface area (Å²) < 4.78 is 5.88. The zero-order valence-electron chi connectivity index (χ0n) is 9.79. The lowest BCUT2D eigenvalue weighted by molar-refractivity contribution is 0.0884. The number of rotatable bonds is 4. The topological polar surface area (TPSA) is 21.3 Å². The van der Waals surface area contributed by atoms with Crippen molar-refractivity contribution in [3.8, 4) is 5.75 Å². The third-order valence-electron chi connectivity index (χ3n) is 3.20. The normalized spacial score (nSPS) is 23.9. The first kappa shape index (κ1) is 11.7.